The van der Waals surface area contributed by atoms with Gasteiger partial charge < -0.3 is 15.3 Å². The van der Waals surface area contributed by atoms with E-state index in [4.69, 9.17) is 0 Å². The molecular formula is C19H21F2NO3. The van der Waals surface area contributed by atoms with Crippen molar-refractivity contribution in [2.45, 2.75) is 37.3 Å². The van der Waals surface area contributed by atoms with Crippen LogP contribution in [0.25, 0.3) is 0 Å². The Morgan fingerprint density at radius 3 is 2.16 bits per heavy atom. The van der Waals surface area contributed by atoms with E-state index in [1.54, 1.807) is 4.90 Å². The van der Waals surface area contributed by atoms with Crippen LogP contribution in [0, 0.1) is 11.6 Å². The number of aliphatic hydroxyl groups is 3. The molecule has 25 heavy (non-hydrogen) atoms. The second kappa shape index (κ2) is 7.58. The zero-order valence-electron chi connectivity index (χ0n) is 13.6. The Balaban J connectivity index is 1.86. The maximum atomic E-state index is 13.5. The molecule has 4 atom stereocenters. The van der Waals surface area contributed by atoms with Gasteiger partial charge >= 0.3 is 0 Å². The number of hydrogen-bond donors (Lipinski definition) is 3. The predicted molar refractivity (Wildman–Crippen MR) is 88.7 cm³/mol. The summed E-state index contributed by atoms with van der Waals surface area (Å²) in [5.74, 6) is -1.87. The molecule has 6 heteroatoms. The molecule has 3 N–H and O–H groups in total. The second-order valence-corrected chi connectivity index (χ2v) is 6.41. The monoisotopic (exact) mass is 349 g/mol. The summed E-state index contributed by atoms with van der Waals surface area (Å²) in [5, 5.41) is 30.3. The van der Waals surface area contributed by atoms with E-state index < -0.39 is 35.9 Å². The van der Waals surface area contributed by atoms with Gasteiger partial charge in [0.05, 0.1) is 24.9 Å². The van der Waals surface area contributed by atoms with Gasteiger partial charge in [0.1, 0.15) is 0 Å². The summed E-state index contributed by atoms with van der Waals surface area (Å²) in [4.78, 5) is 1.76. The summed E-state index contributed by atoms with van der Waals surface area (Å²) in [6, 6.07) is 12.0. The molecule has 134 valence electrons. The van der Waals surface area contributed by atoms with Crippen molar-refractivity contribution in [2.75, 3.05) is 6.61 Å². The standard InChI is InChI=1S/C19H21F2NO3/c20-14-7-6-13(8-15(14)21)10-22-16(9-12-4-2-1-3-5-12)18(24)19(25)17(22)11-23/h1-8,16-19,23-25H,9-11H2/t16-,17+,18-,19+/m0/s1. The molecule has 0 radical (unpaired) electrons. The van der Waals surface area contributed by atoms with E-state index >= 15 is 0 Å². The summed E-state index contributed by atoms with van der Waals surface area (Å²) in [6.07, 6.45) is -1.68. The van der Waals surface area contributed by atoms with Crippen LogP contribution in [-0.4, -0.2) is 51.1 Å². The minimum absolute atomic E-state index is 0.189. The highest BCUT2D eigenvalue weighted by atomic mass is 19.2. The zero-order valence-corrected chi connectivity index (χ0v) is 13.6. The van der Waals surface area contributed by atoms with Gasteiger partial charge in [-0.15, -0.1) is 0 Å². The van der Waals surface area contributed by atoms with Crippen molar-refractivity contribution in [3.8, 4) is 0 Å². The van der Waals surface area contributed by atoms with Crippen molar-refractivity contribution in [3.05, 3.63) is 71.3 Å². The van der Waals surface area contributed by atoms with Crippen molar-refractivity contribution in [1.29, 1.82) is 0 Å². The smallest absolute Gasteiger partial charge is 0.159 e. The molecule has 1 heterocycles. The van der Waals surface area contributed by atoms with Crippen LogP contribution in [0.3, 0.4) is 0 Å². The van der Waals surface area contributed by atoms with E-state index in [9.17, 15) is 24.1 Å². The number of aliphatic hydroxyl groups excluding tert-OH is 3. The van der Waals surface area contributed by atoms with E-state index in [1.165, 1.54) is 6.07 Å². The van der Waals surface area contributed by atoms with Crippen LogP contribution >= 0.6 is 0 Å². The van der Waals surface area contributed by atoms with Gasteiger partial charge in [0.25, 0.3) is 0 Å². The molecule has 1 aliphatic rings. The molecule has 0 saturated carbocycles. The highest BCUT2D eigenvalue weighted by molar-refractivity contribution is 5.21. The molecule has 0 bridgehead atoms. The zero-order chi connectivity index (χ0) is 18.0. The molecule has 1 fully saturated rings. The third-order valence-corrected chi connectivity index (χ3v) is 4.81. The first-order valence-corrected chi connectivity index (χ1v) is 8.22. The van der Waals surface area contributed by atoms with Crippen LogP contribution in [0.1, 0.15) is 11.1 Å². The van der Waals surface area contributed by atoms with Gasteiger partial charge in [-0.1, -0.05) is 36.4 Å². The van der Waals surface area contributed by atoms with Gasteiger partial charge in [0.15, 0.2) is 11.6 Å². The first-order chi connectivity index (χ1) is 12.0. The molecule has 0 aliphatic carbocycles. The fourth-order valence-corrected chi connectivity index (χ4v) is 3.48. The second-order valence-electron chi connectivity index (χ2n) is 6.41. The maximum Gasteiger partial charge on any atom is 0.159 e. The lowest BCUT2D eigenvalue weighted by molar-refractivity contribution is 0.0178. The first-order valence-electron chi connectivity index (χ1n) is 8.22. The molecule has 2 aromatic rings. The number of benzene rings is 2. The van der Waals surface area contributed by atoms with Crippen molar-refractivity contribution < 1.29 is 24.1 Å². The highest BCUT2D eigenvalue weighted by Gasteiger charge is 2.46. The van der Waals surface area contributed by atoms with Crippen molar-refractivity contribution in [3.63, 3.8) is 0 Å². The van der Waals surface area contributed by atoms with Gasteiger partial charge in [-0.3, -0.25) is 4.90 Å². The minimum atomic E-state index is -1.11. The van der Waals surface area contributed by atoms with E-state index in [2.05, 4.69) is 0 Å². The summed E-state index contributed by atoms with van der Waals surface area (Å²) >= 11 is 0. The molecule has 2 aromatic carbocycles. The van der Waals surface area contributed by atoms with Gasteiger partial charge in [-0.25, -0.2) is 8.78 Å². The van der Waals surface area contributed by atoms with Crippen LogP contribution in [0.4, 0.5) is 8.78 Å². The molecular weight excluding hydrogens is 328 g/mol. The summed E-state index contributed by atoms with van der Waals surface area (Å²) in [5.41, 5.74) is 1.49. The van der Waals surface area contributed by atoms with Crippen LogP contribution in [0.15, 0.2) is 48.5 Å². The number of nitrogens with zero attached hydrogens (tertiary/aromatic N) is 1. The van der Waals surface area contributed by atoms with Gasteiger partial charge in [0, 0.05) is 12.6 Å². The molecule has 0 aromatic heterocycles. The number of hydrogen-bond acceptors (Lipinski definition) is 4. The molecule has 0 unspecified atom stereocenters. The number of likely N-dealkylation sites (tertiary alicyclic amines) is 1. The Hall–Kier alpha value is -1.86. The molecule has 4 nitrogen and oxygen atoms in total. The van der Waals surface area contributed by atoms with Crippen LogP contribution in [0.5, 0.6) is 0 Å². The van der Waals surface area contributed by atoms with Crippen molar-refractivity contribution >= 4 is 0 Å². The Morgan fingerprint density at radius 1 is 0.840 bits per heavy atom. The van der Waals surface area contributed by atoms with Gasteiger partial charge in [0.2, 0.25) is 0 Å². The van der Waals surface area contributed by atoms with E-state index in [-0.39, 0.29) is 13.2 Å². The number of halogens is 2. The van der Waals surface area contributed by atoms with Gasteiger partial charge in [-0.05, 0) is 29.7 Å². The van der Waals surface area contributed by atoms with Crippen LogP contribution in [0.2, 0.25) is 0 Å². The average Bonchev–Trinajstić information content (AvgIpc) is 2.83. The Labute approximate surface area is 145 Å². The molecule has 3 rings (SSSR count). The summed E-state index contributed by atoms with van der Waals surface area (Å²) < 4.78 is 26.6. The third kappa shape index (κ3) is 3.72. The quantitative estimate of drug-likeness (QED) is 0.765. The predicted octanol–water partition coefficient (Wildman–Crippen LogP) is 1.47. The van der Waals surface area contributed by atoms with Crippen LogP contribution in [-0.2, 0) is 13.0 Å². The van der Waals surface area contributed by atoms with Crippen molar-refractivity contribution in [1.82, 2.24) is 4.90 Å². The lowest BCUT2D eigenvalue weighted by Crippen LogP contribution is -2.41. The van der Waals surface area contributed by atoms with Crippen molar-refractivity contribution in [2.24, 2.45) is 0 Å². The largest absolute Gasteiger partial charge is 0.395 e. The Kier molecular flexibility index (Phi) is 5.44. The lowest BCUT2D eigenvalue weighted by atomic mass is 10.0. The molecule has 0 spiro atoms. The first kappa shape index (κ1) is 17.9. The number of rotatable bonds is 5. The fraction of sp³-hybridized carbons (Fsp3) is 0.368. The lowest BCUT2D eigenvalue weighted by Gasteiger charge is -2.30. The molecule has 1 saturated heterocycles. The average molecular weight is 349 g/mol. The molecule has 0 amide bonds. The third-order valence-electron chi connectivity index (χ3n) is 4.81. The van der Waals surface area contributed by atoms with E-state index in [1.807, 2.05) is 30.3 Å². The van der Waals surface area contributed by atoms with E-state index in [0.29, 0.717) is 12.0 Å². The summed E-state index contributed by atoms with van der Waals surface area (Å²) in [7, 11) is 0. The minimum Gasteiger partial charge on any atom is -0.395 e. The van der Waals surface area contributed by atoms with Gasteiger partial charge in [-0.2, -0.15) is 0 Å². The SMILES string of the molecule is OC[C@@H]1[C@@H](O)[C@@H](O)[C@H](Cc2ccccc2)N1Cc1ccc(F)c(F)c1. The van der Waals surface area contributed by atoms with E-state index in [0.717, 1.165) is 17.7 Å². The topological polar surface area (TPSA) is 63.9 Å². The summed E-state index contributed by atoms with van der Waals surface area (Å²) in [6.45, 7) is -0.152. The fourth-order valence-electron chi connectivity index (χ4n) is 3.48. The Bertz CT molecular complexity index is 713. The van der Waals surface area contributed by atoms with Crippen LogP contribution < -0.4 is 0 Å². The highest BCUT2D eigenvalue weighted by Crippen LogP contribution is 2.30. The normalized spacial score (nSPS) is 26.9. The molecule has 1 aliphatic heterocycles. The maximum absolute atomic E-state index is 13.5. The Morgan fingerprint density at radius 2 is 1.52 bits per heavy atom.